The van der Waals surface area contributed by atoms with Gasteiger partial charge in [-0.3, -0.25) is 9.36 Å². The molecule has 31 heavy (non-hydrogen) atoms. The van der Waals surface area contributed by atoms with Gasteiger partial charge in [-0.25, -0.2) is 4.98 Å². The number of amides is 1. The summed E-state index contributed by atoms with van der Waals surface area (Å²) < 4.78 is 1.87. The Hall–Kier alpha value is -3.43. The van der Waals surface area contributed by atoms with Crippen LogP contribution in [0.4, 0.5) is 5.13 Å². The summed E-state index contributed by atoms with van der Waals surface area (Å²) in [4.78, 5) is 20.3. The van der Waals surface area contributed by atoms with Crippen LogP contribution >= 0.6 is 23.1 Å². The van der Waals surface area contributed by atoms with Crippen molar-refractivity contribution >= 4 is 45.0 Å². The third-order valence-corrected chi connectivity index (χ3v) is 6.48. The number of hydrogen-bond acceptors (Lipinski definition) is 6. The molecule has 0 bridgehead atoms. The molecule has 0 saturated heterocycles. The number of nitrogens with zero attached hydrogens (tertiary/aromatic N) is 4. The molecule has 0 atom stereocenters. The largest absolute Gasteiger partial charge is 0.360 e. The molecule has 3 aromatic heterocycles. The van der Waals surface area contributed by atoms with Gasteiger partial charge in [0.25, 0.3) is 0 Å². The zero-order valence-electron chi connectivity index (χ0n) is 16.6. The molecule has 5 rings (SSSR count). The number of H-pyrrole nitrogens is 1. The number of thioether (sulfide) groups is 1. The van der Waals surface area contributed by atoms with E-state index in [0.717, 1.165) is 27.8 Å². The number of anilines is 1. The number of carbonyl (C=O) groups is 1. The van der Waals surface area contributed by atoms with Crippen molar-refractivity contribution in [3.05, 3.63) is 72.0 Å². The third kappa shape index (κ3) is 4.10. The van der Waals surface area contributed by atoms with Crippen molar-refractivity contribution in [3.8, 4) is 16.9 Å². The predicted octanol–water partition coefficient (Wildman–Crippen LogP) is 4.91. The highest BCUT2D eigenvalue weighted by atomic mass is 32.2. The number of benzene rings is 2. The van der Waals surface area contributed by atoms with Crippen molar-refractivity contribution in [2.24, 2.45) is 0 Å². The molecule has 0 saturated carbocycles. The number of nitrogens with one attached hydrogen (secondary N) is 2. The zero-order chi connectivity index (χ0) is 21.2. The van der Waals surface area contributed by atoms with E-state index in [1.54, 1.807) is 6.33 Å². The molecule has 9 heteroatoms. The Kier molecular flexibility index (Phi) is 5.27. The fourth-order valence-electron chi connectivity index (χ4n) is 3.23. The second kappa shape index (κ2) is 8.37. The minimum atomic E-state index is -0.136. The average Bonchev–Trinajstić information content (AvgIpc) is 3.52. The Morgan fingerprint density at radius 1 is 1.19 bits per heavy atom. The lowest BCUT2D eigenvalue weighted by atomic mass is 10.1. The van der Waals surface area contributed by atoms with Gasteiger partial charge in [0.1, 0.15) is 6.33 Å². The Bertz CT molecular complexity index is 1350. The Morgan fingerprint density at radius 2 is 2.03 bits per heavy atom. The van der Waals surface area contributed by atoms with E-state index in [1.807, 2.05) is 65.5 Å². The predicted molar refractivity (Wildman–Crippen MR) is 125 cm³/mol. The van der Waals surface area contributed by atoms with Crippen LogP contribution in [0.25, 0.3) is 27.8 Å². The van der Waals surface area contributed by atoms with Crippen LogP contribution in [0, 0.1) is 6.92 Å². The van der Waals surface area contributed by atoms with E-state index in [4.69, 9.17) is 0 Å². The van der Waals surface area contributed by atoms with Gasteiger partial charge in [-0.05, 0) is 25.1 Å². The summed E-state index contributed by atoms with van der Waals surface area (Å²) in [7, 11) is 0. The molecule has 0 aliphatic rings. The lowest BCUT2D eigenvalue weighted by Gasteiger charge is -2.06. The minimum absolute atomic E-state index is 0.136. The number of para-hydroxylation sites is 1. The summed E-state index contributed by atoms with van der Waals surface area (Å²) in [5.74, 6) is 0.0790. The summed E-state index contributed by atoms with van der Waals surface area (Å²) in [6.07, 6.45) is 3.60. The van der Waals surface area contributed by atoms with E-state index in [-0.39, 0.29) is 11.7 Å². The van der Waals surface area contributed by atoms with Crippen LogP contribution in [-0.4, -0.2) is 36.4 Å². The van der Waals surface area contributed by atoms with Crippen molar-refractivity contribution in [1.29, 1.82) is 0 Å². The first kappa shape index (κ1) is 19.5. The van der Waals surface area contributed by atoms with Crippen LogP contribution in [0.15, 0.2) is 71.6 Å². The first-order valence-electron chi connectivity index (χ1n) is 9.59. The fourth-order valence-corrected chi connectivity index (χ4v) is 4.68. The number of carbonyl (C=O) groups excluding carboxylic acids is 1. The number of thiazole rings is 1. The van der Waals surface area contributed by atoms with E-state index < -0.39 is 0 Å². The van der Waals surface area contributed by atoms with Crippen molar-refractivity contribution in [3.63, 3.8) is 0 Å². The van der Waals surface area contributed by atoms with Crippen LogP contribution in [-0.2, 0) is 4.79 Å². The average molecular weight is 447 g/mol. The van der Waals surface area contributed by atoms with E-state index in [1.165, 1.54) is 28.7 Å². The Labute approximate surface area is 186 Å². The first-order chi connectivity index (χ1) is 15.2. The van der Waals surface area contributed by atoms with Gasteiger partial charge in [0, 0.05) is 33.7 Å². The zero-order valence-corrected chi connectivity index (χ0v) is 18.2. The van der Waals surface area contributed by atoms with Gasteiger partial charge in [0.15, 0.2) is 10.3 Å². The molecule has 0 radical (unpaired) electrons. The molecule has 2 N–H and O–H groups in total. The molecule has 0 aliphatic heterocycles. The summed E-state index contributed by atoms with van der Waals surface area (Å²) in [6.45, 7) is 2.04. The smallest absolute Gasteiger partial charge is 0.236 e. The molecule has 0 spiro atoms. The highest BCUT2D eigenvalue weighted by Crippen LogP contribution is 2.31. The van der Waals surface area contributed by atoms with Crippen molar-refractivity contribution < 1.29 is 4.79 Å². The van der Waals surface area contributed by atoms with E-state index in [2.05, 4.69) is 31.5 Å². The van der Waals surface area contributed by atoms with Crippen LogP contribution in [0.1, 0.15) is 5.56 Å². The van der Waals surface area contributed by atoms with E-state index >= 15 is 0 Å². The van der Waals surface area contributed by atoms with Gasteiger partial charge in [0.2, 0.25) is 5.91 Å². The second-order valence-corrected chi connectivity index (χ2v) is 8.74. The molecular weight excluding hydrogens is 428 g/mol. The van der Waals surface area contributed by atoms with Gasteiger partial charge >= 0.3 is 0 Å². The molecule has 7 nitrogen and oxygen atoms in total. The molecule has 0 fully saturated rings. The van der Waals surface area contributed by atoms with Gasteiger partial charge in [-0.15, -0.1) is 21.5 Å². The normalized spacial score (nSPS) is 11.1. The van der Waals surface area contributed by atoms with Crippen molar-refractivity contribution in [2.75, 3.05) is 11.1 Å². The van der Waals surface area contributed by atoms with Crippen LogP contribution in [0.5, 0.6) is 0 Å². The summed E-state index contributed by atoms with van der Waals surface area (Å²) in [5.41, 5.74) is 5.06. The molecule has 0 unspecified atom stereocenters. The quantitative estimate of drug-likeness (QED) is 0.362. The topological polar surface area (TPSA) is 88.5 Å². The number of hydrogen-bond donors (Lipinski definition) is 2. The molecule has 5 aromatic rings. The molecular formula is C22H18N6OS2. The highest BCUT2D eigenvalue weighted by Gasteiger charge is 2.13. The summed E-state index contributed by atoms with van der Waals surface area (Å²) in [5, 5.41) is 15.3. The van der Waals surface area contributed by atoms with E-state index in [0.29, 0.717) is 10.3 Å². The number of aromatic nitrogens is 5. The van der Waals surface area contributed by atoms with Gasteiger partial charge < -0.3 is 10.3 Å². The molecule has 0 aliphatic carbocycles. The lowest BCUT2D eigenvalue weighted by molar-refractivity contribution is -0.113. The number of fused-ring (bicyclic) bond motifs is 1. The maximum atomic E-state index is 12.5. The van der Waals surface area contributed by atoms with Crippen LogP contribution in [0.3, 0.4) is 0 Å². The Balaban J connectivity index is 1.24. The summed E-state index contributed by atoms with van der Waals surface area (Å²) >= 11 is 2.75. The highest BCUT2D eigenvalue weighted by molar-refractivity contribution is 7.99. The first-order valence-corrected chi connectivity index (χ1v) is 11.5. The van der Waals surface area contributed by atoms with Crippen molar-refractivity contribution in [1.82, 2.24) is 24.7 Å². The number of rotatable bonds is 6. The lowest BCUT2D eigenvalue weighted by Crippen LogP contribution is -2.14. The van der Waals surface area contributed by atoms with Gasteiger partial charge in [-0.1, -0.05) is 47.7 Å². The molecule has 1 amide bonds. The molecule has 2 aromatic carbocycles. The van der Waals surface area contributed by atoms with Gasteiger partial charge in [-0.2, -0.15) is 0 Å². The van der Waals surface area contributed by atoms with Crippen LogP contribution < -0.4 is 5.32 Å². The number of aryl methyl sites for hydroxylation is 1. The maximum absolute atomic E-state index is 12.5. The second-order valence-electron chi connectivity index (χ2n) is 6.94. The van der Waals surface area contributed by atoms with Crippen molar-refractivity contribution in [2.45, 2.75) is 12.1 Å². The van der Waals surface area contributed by atoms with Crippen LogP contribution in [0.2, 0.25) is 0 Å². The molecule has 3 heterocycles. The fraction of sp³-hybridized carbons (Fsp3) is 0.0909. The van der Waals surface area contributed by atoms with E-state index in [9.17, 15) is 4.79 Å². The third-order valence-electron chi connectivity index (χ3n) is 4.78. The monoisotopic (exact) mass is 446 g/mol. The van der Waals surface area contributed by atoms with Gasteiger partial charge in [0.05, 0.1) is 11.4 Å². The SMILES string of the molecule is Cc1ccc(-n2cnnc2SCC(=O)Nc2nc(-c3c[nH]c4ccccc34)cs2)cc1. The molecule has 154 valence electrons. The maximum Gasteiger partial charge on any atom is 0.236 e. The Morgan fingerprint density at radius 3 is 2.90 bits per heavy atom. The standard InChI is InChI=1S/C22H18N6OS2/c1-14-6-8-15(9-7-14)28-13-24-27-22(28)31-12-20(29)26-21-25-19(11-30-21)17-10-23-18-5-3-2-4-16(17)18/h2-11,13,23H,12H2,1H3,(H,25,26,29). The summed E-state index contributed by atoms with van der Waals surface area (Å²) in [6, 6.07) is 16.2. The number of aromatic amines is 1. The minimum Gasteiger partial charge on any atom is -0.360 e.